The molecule has 4 aliphatic rings. The number of hydrogen-bond donors (Lipinski definition) is 1. The Morgan fingerprint density at radius 1 is 1.22 bits per heavy atom. The standard InChI is InChI=1S/C21H28O2/c1-4-13-11-18-17-6-5-14-12(2)19(22)8-7-15(14)16(17)9-10-21(18,3)20(13)23/h1,13,15-18,20,23H,5-11H2,2-3H3. The Labute approximate surface area is 139 Å². The van der Waals surface area contributed by atoms with E-state index in [9.17, 15) is 9.90 Å². The Morgan fingerprint density at radius 3 is 2.74 bits per heavy atom. The van der Waals surface area contributed by atoms with Crippen molar-refractivity contribution < 1.29 is 9.90 Å². The Hall–Kier alpha value is -1.07. The van der Waals surface area contributed by atoms with E-state index in [0.29, 0.717) is 29.5 Å². The summed E-state index contributed by atoms with van der Waals surface area (Å²) in [5.41, 5.74) is 2.55. The van der Waals surface area contributed by atoms with Crippen molar-refractivity contribution in [2.75, 3.05) is 0 Å². The fraction of sp³-hybridized carbons (Fsp3) is 0.762. The van der Waals surface area contributed by atoms with Crippen LogP contribution in [-0.2, 0) is 4.79 Å². The van der Waals surface area contributed by atoms with Gasteiger partial charge in [0, 0.05) is 12.3 Å². The number of rotatable bonds is 0. The number of carbonyl (C=O) groups excluding carboxylic acids is 1. The van der Waals surface area contributed by atoms with Gasteiger partial charge >= 0.3 is 0 Å². The maximum Gasteiger partial charge on any atom is 0.158 e. The van der Waals surface area contributed by atoms with Gasteiger partial charge in [-0.1, -0.05) is 12.5 Å². The van der Waals surface area contributed by atoms with Crippen LogP contribution in [0.5, 0.6) is 0 Å². The van der Waals surface area contributed by atoms with Gasteiger partial charge in [0.1, 0.15) is 0 Å². The highest BCUT2D eigenvalue weighted by atomic mass is 16.3. The van der Waals surface area contributed by atoms with Crippen molar-refractivity contribution in [1.29, 1.82) is 0 Å². The Morgan fingerprint density at radius 2 is 2.00 bits per heavy atom. The van der Waals surface area contributed by atoms with Gasteiger partial charge in [-0.05, 0) is 80.1 Å². The summed E-state index contributed by atoms with van der Waals surface area (Å²) in [6.07, 6.45) is 12.7. The summed E-state index contributed by atoms with van der Waals surface area (Å²) in [5, 5.41) is 10.7. The quantitative estimate of drug-likeness (QED) is 0.692. The van der Waals surface area contributed by atoms with Gasteiger partial charge in [-0.25, -0.2) is 0 Å². The third-order valence-electron chi connectivity index (χ3n) is 8.00. The molecular formula is C21H28O2. The molecular weight excluding hydrogens is 284 g/mol. The molecule has 0 spiro atoms. The minimum atomic E-state index is -0.329. The number of ketones is 1. The van der Waals surface area contributed by atoms with E-state index in [1.165, 1.54) is 18.4 Å². The lowest BCUT2D eigenvalue weighted by Crippen LogP contribution is -2.48. The summed E-state index contributed by atoms with van der Waals surface area (Å²) < 4.78 is 0. The molecule has 0 aromatic carbocycles. The third kappa shape index (κ3) is 2.02. The number of allylic oxidation sites excluding steroid dienone is 1. The van der Waals surface area contributed by atoms with Crippen LogP contribution in [0.4, 0.5) is 0 Å². The van der Waals surface area contributed by atoms with E-state index >= 15 is 0 Å². The van der Waals surface area contributed by atoms with Crippen molar-refractivity contribution in [3.63, 3.8) is 0 Å². The maximum absolute atomic E-state index is 12.1. The second-order valence-electron chi connectivity index (χ2n) is 8.69. The highest BCUT2D eigenvalue weighted by molar-refractivity contribution is 5.96. The monoisotopic (exact) mass is 312 g/mol. The van der Waals surface area contributed by atoms with Gasteiger partial charge in [-0.2, -0.15) is 0 Å². The lowest BCUT2D eigenvalue weighted by Gasteiger charge is -2.53. The first-order valence-corrected chi connectivity index (χ1v) is 9.34. The SMILES string of the molecule is C#CC1CC2C3CCC4=C(C)C(=O)CCC4C3CCC2(C)C1O. The number of Topliss-reactive ketones (excluding diaryl/α,β-unsaturated/α-hetero) is 1. The Kier molecular flexibility index (Phi) is 3.50. The Balaban J connectivity index is 1.66. The second kappa shape index (κ2) is 5.21. The summed E-state index contributed by atoms with van der Waals surface area (Å²) >= 11 is 0. The smallest absolute Gasteiger partial charge is 0.158 e. The number of terminal acetylenes is 1. The van der Waals surface area contributed by atoms with Crippen LogP contribution in [0.15, 0.2) is 11.1 Å². The molecule has 7 atom stereocenters. The molecule has 0 radical (unpaired) electrons. The molecule has 23 heavy (non-hydrogen) atoms. The van der Waals surface area contributed by atoms with Crippen molar-refractivity contribution in [3.05, 3.63) is 11.1 Å². The molecule has 1 N–H and O–H groups in total. The van der Waals surface area contributed by atoms with E-state index < -0.39 is 0 Å². The van der Waals surface area contributed by atoms with Gasteiger partial charge in [0.05, 0.1) is 6.10 Å². The summed E-state index contributed by atoms with van der Waals surface area (Å²) in [6, 6.07) is 0. The van der Waals surface area contributed by atoms with Crippen LogP contribution in [0.2, 0.25) is 0 Å². The molecule has 3 saturated carbocycles. The second-order valence-corrected chi connectivity index (χ2v) is 8.69. The van der Waals surface area contributed by atoms with E-state index in [4.69, 9.17) is 6.42 Å². The first kappa shape index (κ1) is 15.5. The van der Waals surface area contributed by atoms with Gasteiger partial charge < -0.3 is 5.11 Å². The van der Waals surface area contributed by atoms with Gasteiger partial charge in [0.25, 0.3) is 0 Å². The zero-order chi connectivity index (χ0) is 16.4. The molecule has 0 aromatic rings. The van der Waals surface area contributed by atoms with Crippen molar-refractivity contribution in [3.8, 4) is 12.3 Å². The first-order valence-electron chi connectivity index (χ1n) is 9.34. The highest BCUT2D eigenvalue weighted by Gasteiger charge is 2.58. The normalized spacial score (nSPS) is 49.2. The molecule has 124 valence electrons. The number of carbonyl (C=O) groups is 1. The van der Waals surface area contributed by atoms with Crippen LogP contribution in [0.1, 0.15) is 58.8 Å². The van der Waals surface area contributed by atoms with E-state index in [2.05, 4.69) is 12.8 Å². The van der Waals surface area contributed by atoms with Crippen LogP contribution in [-0.4, -0.2) is 17.0 Å². The average Bonchev–Trinajstić information content (AvgIpc) is 2.82. The topological polar surface area (TPSA) is 37.3 Å². The van der Waals surface area contributed by atoms with E-state index in [-0.39, 0.29) is 17.4 Å². The zero-order valence-electron chi connectivity index (χ0n) is 14.3. The number of hydrogen-bond acceptors (Lipinski definition) is 2. The Bertz CT molecular complexity index is 610. The van der Waals surface area contributed by atoms with Gasteiger partial charge in [-0.15, -0.1) is 12.3 Å². The van der Waals surface area contributed by atoms with Crippen LogP contribution >= 0.6 is 0 Å². The fourth-order valence-corrected chi connectivity index (χ4v) is 6.68. The predicted molar refractivity (Wildman–Crippen MR) is 90.4 cm³/mol. The number of aliphatic hydroxyl groups excluding tert-OH is 1. The lowest BCUT2D eigenvalue weighted by molar-refractivity contribution is -0.117. The molecule has 0 bridgehead atoms. The number of aliphatic hydroxyl groups is 1. The predicted octanol–water partition coefficient (Wildman–Crippen LogP) is 3.74. The molecule has 0 aliphatic heterocycles. The minimum Gasteiger partial charge on any atom is -0.391 e. The molecule has 0 heterocycles. The van der Waals surface area contributed by atoms with Crippen molar-refractivity contribution >= 4 is 5.78 Å². The molecule has 3 fully saturated rings. The van der Waals surface area contributed by atoms with Crippen LogP contribution < -0.4 is 0 Å². The third-order valence-corrected chi connectivity index (χ3v) is 8.00. The van der Waals surface area contributed by atoms with Crippen molar-refractivity contribution in [2.45, 2.75) is 64.9 Å². The van der Waals surface area contributed by atoms with Crippen molar-refractivity contribution in [2.24, 2.45) is 35.0 Å². The summed E-state index contributed by atoms with van der Waals surface area (Å²) in [6.45, 7) is 4.32. The molecule has 4 rings (SSSR count). The van der Waals surface area contributed by atoms with Crippen LogP contribution in [0.25, 0.3) is 0 Å². The summed E-state index contributed by atoms with van der Waals surface area (Å²) in [5.74, 6) is 5.86. The van der Waals surface area contributed by atoms with Gasteiger partial charge in [0.2, 0.25) is 0 Å². The van der Waals surface area contributed by atoms with Gasteiger partial charge in [-0.3, -0.25) is 4.79 Å². The number of fused-ring (bicyclic) bond motifs is 5. The van der Waals surface area contributed by atoms with E-state index in [1.54, 1.807) is 0 Å². The minimum absolute atomic E-state index is 0.0128. The fourth-order valence-electron chi connectivity index (χ4n) is 6.68. The zero-order valence-corrected chi connectivity index (χ0v) is 14.3. The molecule has 4 aliphatic carbocycles. The summed E-state index contributed by atoms with van der Waals surface area (Å²) in [4.78, 5) is 12.1. The lowest BCUT2D eigenvalue weighted by atomic mass is 9.52. The van der Waals surface area contributed by atoms with E-state index in [1.807, 2.05) is 6.92 Å². The van der Waals surface area contributed by atoms with Crippen molar-refractivity contribution in [1.82, 2.24) is 0 Å². The molecule has 2 heteroatoms. The maximum atomic E-state index is 12.1. The first-order chi connectivity index (χ1) is 11.0. The molecule has 0 aromatic heterocycles. The molecule has 0 saturated heterocycles. The largest absolute Gasteiger partial charge is 0.391 e. The van der Waals surface area contributed by atoms with Crippen LogP contribution in [0, 0.1) is 47.3 Å². The van der Waals surface area contributed by atoms with Crippen LogP contribution in [0.3, 0.4) is 0 Å². The summed E-state index contributed by atoms with van der Waals surface area (Å²) in [7, 11) is 0. The molecule has 7 unspecified atom stereocenters. The molecule has 2 nitrogen and oxygen atoms in total. The van der Waals surface area contributed by atoms with E-state index in [0.717, 1.165) is 37.7 Å². The average molecular weight is 312 g/mol. The van der Waals surface area contributed by atoms with Gasteiger partial charge in [0.15, 0.2) is 5.78 Å². The molecule has 0 amide bonds. The highest BCUT2D eigenvalue weighted by Crippen LogP contribution is 2.63.